The molecule has 1 N–H and O–H groups in total. The van der Waals surface area contributed by atoms with Crippen LogP contribution in [-0.4, -0.2) is 25.7 Å². The van der Waals surface area contributed by atoms with Gasteiger partial charge in [0.1, 0.15) is 0 Å². The monoisotopic (exact) mass is 414 g/mol. The van der Waals surface area contributed by atoms with Gasteiger partial charge in [-0.15, -0.1) is 11.6 Å². The maximum atomic E-state index is 10.3. The Morgan fingerprint density at radius 2 is 1.74 bits per heavy atom. The summed E-state index contributed by atoms with van der Waals surface area (Å²) >= 11 is 14.2. The summed E-state index contributed by atoms with van der Waals surface area (Å²) < 4.78 is 0. The first-order chi connectivity index (χ1) is 8.54. The maximum Gasteiger partial charge on any atom is 0.0673 e. The molecule has 0 saturated heterocycles. The van der Waals surface area contributed by atoms with Gasteiger partial charge >= 0.3 is 0 Å². The molecule has 0 aliphatic heterocycles. The van der Waals surface area contributed by atoms with Crippen LogP contribution in [-0.2, 0) is 0 Å². The number of aliphatic hydroxyl groups is 1. The third kappa shape index (κ3) is 2.45. The molecule has 0 heterocycles. The van der Waals surface area contributed by atoms with E-state index >= 15 is 0 Å². The Hall–Kier alpha value is 1.21. The average Bonchev–Trinajstić information content (AvgIpc) is 2.29. The van der Waals surface area contributed by atoms with Crippen LogP contribution in [0.2, 0.25) is 0 Å². The van der Waals surface area contributed by atoms with Gasteiger partial charge in [-0.25, -0.2) is 0 Å². The largest absolute Gasteiger partial charge is 0.392 e. The number of rotatable bonds is 0. The molecule has 0 aromatic heterocycles. The zero-order valence-electron chi connectivity index (χ0n) is 12.2. The van der Waals surface area contributed by atoms with Crippen LogP contribution in [0.5, 0.6) is 0 Å². The Morgan fingerprint density at radius 1 is 1.16 bits per heavy atom. The Kier molecular flexibility index (Phi) is 4.48. The van der Waals surface area contributed by atoms with Gasteiger partial charge in [-0.2, -0.15) is 0 Å². The van der Waals surface area contributed by atoms with Crippen LogP contribution in [0.4, 0.5) is 0 Å². The summed E-state index contributed by atoms with van der Waals surface area (Å²) in [7, 11) is 0. The summed E-state index contributed by atoms with van der Waals surface area (Å²) in [6, 6.07) is 0. The highest BCUT2D eigenvalue weighted by Crippen LogP contribution is 2.64. The quantitative estimate of drug-likeness (QED) is 0.544. The zero-order valence-corrected chi connectivity index (χ0v) is 16.1. The summed E-state index contributed by atoms with van der Waals surface area (Å²) in [6.07, 6.45) is 3.92. The van der Waals surface area contributed by atoms with Gasteiger partial charge in [0.2, 0.25) is 0 Å². The molecule has 1 nitrogen and oxygen atoms in total. The fourth-order valence-electron chi connectivity index (χ4n) is 4.39. The van der Waals surface area contributed by atoms with Crippen LogP contribution in [0, 0.1) is 16.7 Å². The molecule has 2 rings (SSSR count). The van der Waals surface area contributed by atoms with Crippen molar-refractivity contribution in [2.75, 3.05) is 0 Å². The number of aliphatic hydroxyl groups excluding tert-OH is 1. The number of halogens is 3. The number of alkyl halides is 3. The van der Waals surface area contributed by atoms with Gasteiger partial charge in [0.05, 0.1) is 11.0 Å². The standard InChI is InChI=1S/C15H25Br2ClO/c1-9-7-10(19)12(17)13(2,3)15(9)6-5-14(4,18)11(16)8-15/h9-12,19H,5-8H2,1-4H3. The molecule has 4 heteroatoms. The van der Waals surface area contributed by atoms with Crippen molar-refractivity contribution >= 4 is 43.5 Å². The van der Waals surface area contributed by atoms with Crippen molar-refractivity contribution in [2.45, 2.75) is 74.0 Å². The third-order valence-corrected chi connectivity index (χ3v) is 9.91. The average molecular weight is 417 g/mol. The van der Waals surface area contributed by atoms with Crippen molar-refractivity contribution < 1.29 is 5.11 Å². The van der Waals surface area contributed by atoms with Crippen LogP contribution < -0.4 is 0 Å². The van der Waals surface area contributed by atoms with Gasteiger partial charge in [-0.1, -0.05) is 52.6 Å². The molecule has 2 fully saturated rings. The first-order valence-electron chi connectivity index (χ1n) is 7.20. The fourth-order valence-corrected chi connectivity index (χ4v) is 6.04. The van der Waals surface area contributed by atoms with Gasteiger partial charge in [0, 0.05) is 9.65 Å². The summed E-state index contributed by atoms with van der Waals surface area (Å²) in [5, 5.41) is 10.3. The Bertz CT molecular complexity index is 358. The first kappa shape index (κ1) is 16.6. The lowest BCUT2D eigenvalue weighted by Gasteiger charge is -2.62. The van der Waals surface area contributed by atoms with Crippen molar-refractivity contribution in [1.29, 1.82) is 0 Å². The molecule has 1 spiro atoms. The highest BCUT2D eigenvalue weighted by molar-refractivity contribution is 9.09. The minimum Gasteiger partial charge on any atom is -0.392 e. The molecule has 6 atom stereocenters. The van der Waals surface area contributed by atoms with Gasteiger partial charge in [-0.05, 0) is 49.4 Å². The predicted molar refractivity (Wildman–Crippen MR) is 89.5 cm³/mol. The maximum absolute atomic E-state index is 10.3. The van der Waals surface area contributed by atoms with Crippen molar-refractivity contribution in [3.05, 3.63) is 0 Å². The van der Waals surface area contributed by atoms with E-state index in [1.807, 2.05) is 0 Å². The fraction of sp³-hybridized carbons (Fsp3) is 1.00. The Morgan fingerprint density at radius 3 is 2.26 bits per heavy atom. The summed E-state index contributed by atoms with van der Waals surface area (Å²) in [5.41, 5.74) is 0.326. The van der Waals surface area contributed by atoms with Gasteiger partial charge in [-0.3, -0.25) is 0 Å². The normalized spacial score (nSPS) is 54.3. The van der Waals surface area contributed by atoms with Gasteiger partial charge in [0.25, 0.3) is 0 Å². The lowest BCUT2D eigenvalue weighted by molar-refractivity contribution is -0.101. The first-order valence-corrected chi connectivity index (χ1v) is 9.41. The van der Waals surface area contributed by atoms with Gasteiger partial charge < -0.3 is 5.11 Å². The van der Waals surface area contributed by atoms with E-state index in [1.54, 1.807) is 0 Å². The van der Waals surface area contributed by atoms with E-state index < -0.39 is 0 Å². The molecule has 6 unspecified atom stereocenters. The molecule has 0 bridgehead atoms. The molecule has 0 aromatic carbocycles. The van der Waals surface area contributed by atoms with Crippen LogP contribution in [0.3, 0.4) is 0 Å². The molecular weight excluding hydrogens is 391 g/mol. The van der Waals surface area contributed by atoms with E-state index in [9.17, 15) is 5.11 Å². The molecule has 2 aliphatic rings. The molecule has 2 saturated carbocycles. The minimum absolute atomic E-state index is 0.0729. The third-order valence-electron chi connectivity index (χ3n) is 6.11. The second-order valence-electron chi connectivity index (χ2n) is 7.43. The van der Waals surface area contributed by atoms with Crippen LogP contribution in [0.15, 0.2) is 0 Å². The van der Waals surface area contributed by atoms with E-state index in [0.717, 1.165) is 25.7 Å². The van der Waals surface area contributed by atoms with Crippen molar-refractivity contribution in [2.24, 2.45) is 16.7 Å². The number of hydrogen-bond donors (Lipinski definition) is 1. The highest BCUT2D eigenvalue weighted by atomic mass is 79.9. The topological polar surface area (TPSA) is 20.2 Å². The van der Waals surface area contributed by atoms with E-state index in [2.05, 4.69) is 59.6 Å². The highest BCUT2D eigenvalue weighted by Gasteiger charge is 2.60. The predicted octanol–water partition coefficient (Wildman–Crippen LogP) is 5.11. The Labute approximate surface area is 139 Å². The van der Waals surface area contributed by atoms with E-state index in [0.29, 0.717) is 10.7 Å². The second kappa shape index (κ2) is 5.14. The summed E-state index contributed by atoms with van der Waals surface area (Å²) in [6.45, 7) is 9.06. The molecule has 2 aliphatic carbocycles. The van der Waals surface area contributed by atoms with E-state index in [1.165, 1.54) is 0 Å². The molecule has 0 aromatic rings. The minimum atomic E-state index is -0.242. The Balaban J connectivity index is 2.36. The molecule has 112 valence electrons. The van der Waals surface area contributed by atoms with E-state index in [4.69, 9.17) is 11.6 Å². The summed E-state index contributed by atoms with van der Waals surface area (Å²) in [4.78, 5) is 0.363. The van der Waals surface area contributed by atoms with Crippen molar-refractivity contribution in [3.63, 3.8) is 0 Å². The molecule has 19 heavy (non-hydrogen) atoms. The van der Waals surface area contributed by atoms with Crippen molar-refractivity contribution in [3.8, 4) is 0 Å². The molecule has 0 amide bonds. The van der Waals surface area contributed by atoms with Crippen molar-refractivity contribution in [1.82, 2.24) is 0 Å². The smallest absolute Gasteiger partial charge is 0.0673 e. The lowest BCUT2D eigenvalue weighted by Crippen LogP contribution is -2.60. The zero-order chi connectivity index (χ0) is 14.6. The second-order valence-corrected chi connectivity index (χ2v) is 10.4. The SMILES string of the molecule is CC1CC(O)C(Br)C(C)(C)C12CCC(C)(Cl)C(Br)C2. The number of hydrogen-bond acceptors (Lipinski definition) is 1. The van der Waals surface area contributed by atoms with Crippen LogP contribution >= 0.6 is 43.5 Å². The molecular formula is C15H25Br2ClO. The molecule has 0 radical (unpaired) electrons. The van der Waals surface area contributed by atoms with Crippen LogP contribution in [0.25, 0.3) is 0 Å². The van der Waals surface area contributed by atoms with E-state index in [-0.39, 0.29) is 26.6 Å². The van der Waals surface area contributed by atoms with Gasteiger partial charge in [0.15, 0.2) is 0 Å². The summed E-state index contributed by atoms with van der Waals surface area (Å²) in [5.74, 6) is 0.527. The lowest BCUT2D eigenvalue weighted by atomic mass is 9.47. The van der Waals surface area contributed by atoms with Crippen LogP contribution in [0.1, 0.15) is 53.4 Å².